The third kappa shape index (κ3) is 3.06. The lowest BCUT2D eigenvalue weighted by molar-refractivity contribution is -0.175. The number of ether oxygens (including phenoxy) is 1. The molecule has 0 aromatic rings. The smallest absolute Gasteiger partial charge is 0.396 e. The van der Waals surface area contributed by atoms with Crippen LogP contribution in [0.3, 0.4) is 0 Å². The van der Waals surface area contributed by atoms with Crippen molar-refractivity contribution >= 4 is 12.3 Å². The van der Waals surface area contributed by atoms with E-state index in [1.165, 1.54) is 13.8 Å². The first-order valence-electron chi connectivity index (χ1n) is 2.95. The molecule has 11 heavy (non-hydrogen) atoms. The monoisotopic (exact) mass is 166 g/mol. The zero-order chi connectivity index (χ0) is 9.07. The maximum atomic E-state index is 12.1. The van der Waals surface area contributed by atoms with Crippen LogP contribution in [0.2, 0.25) is 0 Å². The van der Waals surface area contributed by atoms with E-state index in [-0.39, 0.29) is 0 Å². The second-order valence-electron chi connectivity index (χ2n) is 2.19. The summed E-state index contributed by atoms with van der Waals surface area (Å²) in [6, 6.07) is 0. The Morgan fingerprint density at radius 3 is 2.27 bits per heavy atom. The molecule has 3 nitrogen and oxygen atoms in total. The Bertz CT molecular complexity index is 165. The molecule has 0 radical (unpaired) electrons. The molecule has 0 aromatic heterocycles. The van der Waals surface area contributed by atoms with E-state index in [0.29, 0.717) is 0 Å². The van der Waals surface area contributed by atoms with Crippen LogP contribution >= 0.6 is 0 Å². The van der Waals surface area contributed by atoms with E-state index < -0.39 is 24.3 Å². The number of aldehydes is 1. The Kier molecular flexibility index (Phi) is 3.10. The zero-order valence-corrected chi connectivity index (χ0v) is 6.14. The van der Waals surface area contributed by atoms with Crippen molar-refractivity contribution in [1.82, 2.24) is 0 Å². The molecule has 0 fully saturated rings. The fourth-order valence-electron chi connectivity index (χ4n) is 0.341. The van der Waals surface area contributed by atoms with Gasteiger partial charge in [-0.05, 0) is 13.8 Å². The fourth-order valence-corrected chi connectivity index (χ4v) is 0.341. The van der Waals surface area contributed by atoms with Gasteiger partial charge in [0.15, 0.2) is 0 Å². The molecule has 0 aromatic carbocycles. The van der Waals surface area contributed by atoms with Crippen molar-refractivity contribution in [2.45, 2.75) is 25.9 Å². The second kappa shape index (κ2) is 3.41. The molecular weight excluding hydrogens is 158 g/mol. The summed E-state index contributed by atoms with van der Waals surface area (Å²) in [4.78, 5) is 19.9. The minimum Gasteiger partial charge on any atom is -0.458 e. The van der Waals surface area contributed by atoms with Gasteiger partial charge in [-0.15, -0.1) is 0 Å². The minimum atomic E-state index is -4.01. The zero-order valence-electron chi connectivity index (χ0n) is 6.14. The summed E-state index contributed by atoms with van der Waals surface area (Å²) in [6.07, 6.45) is -1.38. The van der Waals surface area contributed by atoms with Crippen LogP contribution in [0.5, 0.6) is 0 Å². The number of esters is 1. The highest BCUT2D eigenvalue weighted by atomic mass is 19.3. The molecule has 0 saturated carbocycles. The number of alkyl halides is 2. The highest BCUT2D eigenvalue weighted by Gasteiger charge is 2.40. The van der Waals surface area contributed by atoms with Gasteiger partial charge in [-0.2, -0.15) is 8.78 Å². The second-order valence-corrected chi connectivity index (χ2v) is 2.19. The first kappa shape index (κ1) is 10.0. The van der Waals surface area contributed by atoms with Crippen LogP contribution in [0.1, 0.15) is 13.8 Å². The molecule has 0 N–H and O–H groups in total. The third-order valence-corrected chi connectivity index (χ3v) is 0.763. The van der Waals surface area contributed by atoms with E-state index in [1.54, 1.807) is 0 Å². The number of rotatable bonds is 3. The van der Waals surface area contributed by atoms with Crippen molar-refractivity contribution in [2.75, 3.05) is 0 Å². The average Bonchev–Trinajstić information content (AvgIpc) is 1.86. The molecule has 0 heterocycles. The summed E-state index contributed by atoms with van der Waals surface area (Å²) in [7, 11) is 0. The summed E-state index contributed by atoms with van der Waals surface area (Å²) >= 11 is 0. The van der Waals surface area contributed by atoms with Gasteiger partial charge >= 0.3 is 11.9 Å². The highest BCUT2D eigenvalue weighted by Crippen LogP contribution is 2.12. The lowest BCUT2D eigenvalue weighted by atomic mass is 10.4. The maximum absolute atomic E-state index is 12.1. The molecule has 0 atom stereocenters. The Morgan fingerprint density at radius 1 is 1.55 bits per heavy atom. The van der Waals surface area contributed by atoms with Gasteiger partial charge in [0.1, 0.15) is 0 Å². The first-order valence-corrected chi connectivity index (χ1v) is 2.95. The first-order chi connectivity index (χ1) is 4.90. The minimum absolute atomic E-state index is 0.645. The molecular formula is C6H8F2O3. The molecule has 0 aliphatic carbocycles. The van der Waals surface area contributed by atoms with Crippen LogP contribution in [0.25, 0.3) is 0 Å². The molecule has 0 aliphatic rings. The van der Waals surface area contributed by atoms with Crippen LogP contribution < -0.4 is 0 Å². The number of carbonyl (C=O) groups is 2. The molecule has 0 bridgehead atoms. The largest absolute Gasteiger partial charge is 0.458 e. The predicted molar refractivity (Wildman–Crippen MR) is 32.2 cm³/mol. The Balaban J connectivity index is 4.13. The van der Waals surface area contributed by atoms with E-state index in [4.69, 9.17) is 0 Å². The van der Waals surface area contributed by atoms with Crippen LogP contribution in [-0.4, -0.2) is 24.3 Å². The normalized spacial score (nSPS) is 11.4. The standard InChI is InChI=1S/C6H8F2O3/c1-4(2)11-5(10)6(7,8)3-9/h3-4H,1-2H3. The van der Waals surface area contributed by atoms with Gasteiger partial charge in [-0.25, -0.2) is 4.79 Å². The molecule has 0 saturated heterocycles. The van der Waals surface area contributed by atoms with Crippen molar-refractivity contribution in [3.63, 3.8) is 0 Å². The molecule has 0 spiro atoms. The topological polar surface area (TPSA) is 43.4 Å². The number of halogens is 2. The molecule has 0 rings (SSSR count). The Morgan fingerprint density at radius 2 is 2.00 bits per heavy atom. The van der Waals surface area contributed by atoms with Gasteiger partial charge in [0.2, 0.25) is 6.29 Å². The third-order valence-electron chi connectivity index (χ3n) is 0.763. The summed E-state index contributed by atoms with van der Waals surface area (Å²) in [5.74, 6) is -5.81. The van der Waals surface area contributed by atoms with Gasteiger partial charge < -0.3 is 4.74 Å². The SMILES string of the molecule is CC(C)OC(=O)C(F)(F)C=O. The van der Waals surface area contributed by atoms with E-state index in [9.17, 15) is 18.4 Å². The summed E-state index contributed by atoms with van der Waals surface area (Å²) in [5, 5.41) is 0. The summed E-state index contributed by atoms with van der Waals surface area (Å²) < 4.78 is 28.2. The van der Waals surface area contributed by atoms with Crippen LogP contribution in [0.15, 0.2) is 0 Å². The molecule has 5 heteroatoms. The van der Waals surface area contributed by atoms with Crippen molar-refractivity contribution in [1.29, 1.82) is 0 Å². The van der Waals surface area contributed by atoms with Crippen LogP contribution in [0, 0.1) is 0 Å². The number of hydrogen-bond donors (Lipinski definition) is 0. The fraction of sp³-hybridized carbons (Fsp3) is 0.667. The summed E-state index contributed by atoms with van der Waals surface area (Å²) in [6.45, 7) is 2.83. The van der Waals surface area contributed by atoms with Gasteiger partial charge in [-0.3, -0.25) is 4.79 Å². The Hall–Kier alpha value is -1.00. The average molecular weight is 166 g/mol. The molecule has 0 aliphatic heterocycles. The van der Waals surface area contributed by atoms with E-state index in [2.05, 4.69) is 4.74 Å². The van der Waals surface area contributed by atoms with Gasteiger partial charge in [0, 0.05) is 0 Å². The summed E-state index contributed by atoms with van der Waals surface area (Å²) in [5.41, 5.74) is 0. The lowest BCUT2D eigenvalue weighted by Gasteiger charge is -2.10. The predicted octanol–water partition coefficient (Wildman–Crippen LogP) is 0.772. The van der Waals surface area contributed by atoms with Crippen molar-refractivity contribution in [3.8, 4) is 0 Å². The lowest BCUT2D eigenvalue weighted by Crippen LogP contribution is -2.33. The molecule has 0 amide bonds. The van der Waals surface area contributed by atoms with Crippen molar-refractivity contribution < 1.29 is 23.1 Å². The Labute approximate surface area is 62.3 Å². The van der Waals surface area contributed by atoms with Crippen LogP contribution in [0.4, 0.5) is 8.78 Å². The van der Waals surface area contributed by atoms with E-state index >= 15 is 0 Å². The van der Waals surface area contributed by atoms with Gasteiger partial charge in [-0.1, -0.05) is 0 Å². The van der Waals surface area contributed by atoms with Crippen molar-refractivity contribution in [3.05, 3.63) is 0 Å². The molecule has 0 unspecified atom stereocenters. The van der Waals surface area contributed by atoms with Crippen LogP contribution in [-0.2, 0) is 14.3 Å². The molecule has 64 valence electrons. The van der Waals surface area contributed by atoms with Crippen molar-refractivity contribution in [2.24, 2.45) is 0 Å². The van der Waals surface area contributed by atoms with Gasteiger partial charge in [0.25, 0.3) is 0 Å². The number of carbonyl (C=O) groups excluding carboxylic acids is 2. The number of hydrogen-bond acceptors (Lipinski definition) is 3. The van der Waals surface area contributed by atoms with Gasteiger partial charge in [0.05, 0.1) is 6.10 Å². The highest BCUT2D eigenvalue weighted by molar-refractivity contribution is 5.94. The van der Waals surface area contributed by atoms with E-state index in [1.807, 2.05) is 0 Å². The quantitative estimate of drug-likeness (QED) is 0.353. The maximum Gasteiger partial charge on any atom is 0.396 e. The van der Waals surface area contributed by atoms with E-state index in [0.717, 1.165) is 0 Å².